The molecule has 0 aromatic carbocycles. The van der Waals surface area contributed by atoms with Crippen LogP contribution in [-0.4, -0.2) is 68.4 Å². The van der Waals surface area contributed by atoms with Gasteiger partial charge in [0.15, 0.2) is 5.96 Å². The van der Waals surface area contributed by atoms with Crippen molar-refractivity contribution >= 4 is 29.9 Å². The Hall–Kier alpha value is -1.13. The van der Waals surface area contributed by atoms with Gasteiger partial charge in [0.05, 0.1) is 32.1 Å². The Balaban J connectivity index is 0.00000420. The third-order valence-corrected chi connectivity index (χ3v) is 4.82. The number of guanidine groups is 1. The maximum Gasteiger partial charge on any atom is 0.191 e. The van der Waals surface area contributed by atoms with E-state index in [-0.39, 0.29) is 30.1 Å². The highest BCUT2D eigenvalue weighted by molar-refractivity contribution is 14.0. The number of methoxy groups -OCH3 is 1. The molecule has 7 nitrogen and oxygen atoms in total. The minimum atomic E-state index is 0. The molecule has 166 valence electrons. The predicted molar refractivity (Wildman–Crippen MR) is 130 cm³/mol. The fourth-order valence-electron chi connectivity index (χ4n) is 3.52. The van der Waals surface area contributed by atoms with Gasteiger partial charge in [0.25, 0.3) is 0 Å². The van der Waals surface area contributed by atoms with Crippen molar-refractivity contribution in [2.75, 3.05) is 46.4 Å². The summed E-state index contributed by atoms with van der Waals surface area (Å²) in [5.41, 5.74) is 3.01. The Bertz CT molecular complexity index is 654. The second kappa shape index (κ2) is 13.2. The van der Waals surface area contributed by atoms with Crippen LogP contribution in [0.4, 0.5) is 0 Å². The van der Waals surface area contributed by atoms with E-state index in [0.717, 1.165) is 67.9 Å². The second-order valence-corrected chi connectivity index (χ2v) is 7.77. The Kier molecular flexibility index (Phi) is 11.8. The molecule has 1 unspecified atom stereocenters. The van der Waals surface area contributed by atoms with E-state index in [1.54, 1.807) is 7.11 Å². The van der Waals surface area contributed by atoms with Crippen molar-refractivity contribution in [2.24, 2.45) is 10.9 Å². The summed E-state index contributed by atoms with van der Waals surface area (Å²) in [5.74, 6) is 2.35. The summed E-state index contributed by atoms with van der Waals surface area (Å²) in [5, 5.41) is 6.73. The minimum Gasteiger partial charge on any atom is -0.496 e. The molecule has 1 aromatic rings. The van der Waals surface area contributed by atoms with Gasteiger partial charge < -0.3 is 20.1 Å². The zero-order valence-electron chi connectivity index (χ0n) is 18.7. The predicted octanol–water partition coefficient (Wildman–Crippen LogP) is 2.74. The number of rotatable bonds is 8. The summed E-state index contributed by atoms with van der Waals surface area (Å²) >= 11 is 0. The van der Waals surface area contributed by atoms with E-state index in [1.807, 2.05) is 20.0 Å². The first kappa shape index (κ1) is 25.9. The topological polar surface area (TPSA) is 71.0 Å². The van der Waals surface area contributed by atoms with Gasteiger partial charge in [-0.2, -0.15) is 0 Å². The highest BCUT2D eigenvalue weighted by Crippen LogP contribution is 2.24. The van der Waals surface area contributed by atoms with Crippen LogP contribution < -0.4 is 15.4 Å². The number of ether oxygens (including phenoxy) is 2. The minimum absolute atomic E-state index is 0. The van der Waals surface area contributed by atoms with Gasteiger partial charge in [0.2, 0.25) is 0 Å². The lowest BCUT2D eigenvalue weighted by atomic mass is 10.1. The summed E-state index contributed by atoms with van der Waals surface area (Å²) in [6.45, 7) is 16.6. The quantitative estimate of drug-likeness (QED) is 0.313. The molecule has 1 aliphatic rings. The van der Waals surface area contributed by atoms with Crippen molar-refractivity contribution in [2.45, 2.75) is 47.3 Å². The number of nitrogens with zero attached hydrogens (tertiary/aromatic N) is 3. The molecule has 0 spiro atoms. The first-order valence-electron chi connectivity index (χ1n) is 10.3. The highest BCUT2D eigenvalue weighted by atomic mass is 127. The second-order valence-electron chi connectivity index (χ2n) is 7.77. The summed E-state index contributed by atoms with van der Waals surface area (Å²) in [6, 6.07) is 0. The fourth-order valence-corrected chi connectivity index (χ4v) is 3.52. The lowest BCUT2D eigenvalue weighted by molar-refractivity contribution is -0.0284. The Morgan fingerprint density at radius 1 is 1.38 bits per heavy atom. The highest BCUT2D eigenvalue weighted by Gasteiger charge is 2.21. The standard InChI is InChI=1S/C21H37N5O2.HI/c1-7-22-21(24-11-18-14-26(8-9-28-18)13-15(2)3)25-12-19-17(5)20(27-6)16(4)10-23-19;/h10,15,18H,7-9,11-14H2,1-6H3,(H2,22,24,25);1H. The molecule has 2 heterocycles. The van der Waals surface area contributed by atoms with Crippen LogP contribution in [0.15, 0.2) is 11.2 Å². The molecule has 0 amide bonds. The number of aryl methyl sites for hydroxylation is 1. The summed E-state index contributed by atoms with van der Waals surface area (Å²) in [7, 11) is 1.70. The van der Waals surface area contributed by atoms with Gasteiger partial charge >= 0.3 is 0 Å². The van der Waals surface area contributed by atoms with Crippen molar-refractivity contribution in [3.8, 4) is 5.75 Å². The van der Waals surface area contributed by atoms with Gasteiger partial charge in [-0.15, -0.1) is 24.0 Å². The SMILES string of the molecule is CCNC(=NCc1ncc(C)c(OC)c1C)NCC1CN(CC(C)C)CCO1.I. The number of aromatic nitrogens is 1. The Labute approximate surface area is 193 Å². The summed E-state index contributed by atoms with van der Waals surface area (Å²) in [4.78, 5) is 11.7. The molecular formula is C21H38IN5O2. The summed E-state index contributed by atoms with van der Waals surface area (Å²) in [6.07, 6.45) is 2.02. The molecule has 1 atom stereocenters. The van der Waals surface area contributed by atoms with E-state index in [4.69, 9.17) is 14.5 Å². The number of hydrogen-bond donors (Lipinski definition) is 2. The number of halogens is 1. The molecule has 29 heavy (non-hydrogen) atoms. The van der Waals surface area contributed by atoms with Crippen molar-refractivity contribution in [1.82, 2.24) is 20.5 Å². The van der Waals surface area contributed by atoms with Gasteiger partial charge in [-0.25, -0.2) is 4.99 Å². The van der Waals surface area contributed by atoms with Crippen molar-refractivity contribution < 1.29 is 9.47 Å². The molecule has 0 aliphatic carbocycles. The number of morpholine rings is 1. The zero-order chi connectivity index (χ0) is 20.5. The van der Waals surface area contributed by atoms with Crippen molar-refractivity contribution in [3.63, 3.8) is 0 Å². The fraction of sp³-hybridized carbons (Fsp3) is 0.714. The molecule has 1 aliphatic heterocycles. The smallest absolute Gasteiger partial charge is 0.191 e. The normalized spacial score (nSPS) is 17.8. The first-order chi connectivity index (χ1) is 13.4. The largest absolute Gasteiger partial charge is 0.496 e. The average Bonchev–Trinajstić information content (AvgIpc) is 2.65. The Morgan fingerprint density at radius 3 is 2.79 bits per heavy atom. The number of hydrogen-bond acceptors (Lipinski definition) is 5. The molecule has 0 saturated carbocycles. The van der Waals surface area contributed by atoms with Crippen LogP contribution in [0.3, 0.4) is 0 Å². The number of nitrogens with one attached hydrogen (secondary N) is 2. The van der Waals surface area contributed by atoms with Gasteiger partial charge in [-0.05, 0) is 26.7 Å². The molecule has 1 fully saturated rings. The van der Waals surface area contributed by atoms with Crippen LogP contribution in [0.25, 0.3) is 0 Å². The van der Waals surface area contributed by atoms with Crippen LogP contribution in [0.1, 0.15) is 37.6 Å². The van der Waals surface area contributed by atoms with Crippen LogP contribution in [-0.2, 0) is 11.3 Å². The van der Waals surface area contributed by atoms with Gasteiger partial charge in [-0.3, -0.25) is 9.88 Å². The third kappa shape index (κ3) is 8.25. The van der Waals surface area contributed by atoms with Crippen LogP contribution in [0, 0.1) is 19.8 Å². The first-order valence-corrected chi connectivity index (χ1v) is 10.3. The van der Waals surface area contributed by atoms with E-state index in [1.165, 1.54) is 0 Å². The van der Waals surface area contributed by atoms with Gasteiger partial charge in [-0.1, -0.05) is 13.8 Å². The molecule has 0 bridgehead atoms. The molecule has 1 aromatic heterocycles. The van der Waals surface area contributed by atoms with E-state index in [9.17, 15) is 0 Å². The van der Waals surface area contributed by atoms with E-state index < -0.39 is 0 Å². The van der Waals surface area contributed by atoms with Gasteiger partial charge in [0, 0.05) is 50.0 Å². The van der Waals surface area contributed by atoms with Gasteiger partial charge in [0.1, 0.15) is 5.75 Å². The molecule has 1 saturated heterocycles. The average molecular weight is 519 g/mol. The lowest BCUT2D eigenvalue weighted by Gasteiger charge is -2.34. The maximum absolute atomic E-state index is 5.93. The molecule has 2 N–H and O–H groups in total. The molecule has 0 radical (unpaired) electrons. The Morgan fingerprint density at radius 2 is 2.14 bits per heavy atom. The van der Waals surface area contributed by atoms with Crippen LogP contribution in [0.2, 0.25) is 0 Å². The zero-order valence-corrected chi connectivity index (χ0v) is 21.1. The monoisotopic (exact) mass is 519 g/mol. The van der Waals surface area contributed by atoms with Crippen molar-refractivity contribution in [3.05, 3.63) is 23.0 Å². The third-order valence-electron chi connectivity index (χ3n) is 4.82. The van der Waals surface area contributed by atoms with Crippen molar-refractivity contribution in [1.29, 1.82) is 0 Å². The molecular weight excluding hydrogens is 481 g/mol. The lowest BCUT2D eigenvalue weighted by Crippen LogP contribution is -2.50. The molecule has 2 rings (SSSR count). The number of pyridine rings is 1. The van der Waals surface area contributed by atoms with Crippen LogP contribution >= 0.6 is 24.0 Å². The van der Waals surface area contributed by atoms with E-state index in [2.05, 4.69) is 41.3 Å². The molecule has 8 heteroatoms. The van der Waals surface area contributed by atoms with E-state index >= 15 is 0 Å². The maximum atomic E-state index is 5.93. The number of aliphatic imine (C=N–C) groups is 1. The van der Waals surface area contributed by atoms with E-state index in [0.29, 0.717) is 12.5 Å². The van der Waals surface area contributed by atoms with Crippen LogP contribution in [0.5, 0.6) is 5.75 Å². The summed E-state index contributed by atoms with van der Waals surface area (Å²) < 4.78 is 11.4.